The lowest BCUT2D eigenvalue weighted by molar-refractivity contribution is -0.123. The lowest BCUT2D eigenvalue weighted by atomic mass is 10.2. The predicted molar refractivity (Wildman–Crippen MR) is 76.3 cm³/mol. The summed E-state index contributed by atoms with van der Waals surface area (Å²) in [6.07, 6.45) is 0. The third-order valence-corrected chi connectivity index (χ3v) is 4.71. The van der Waals surface area contributed by atoms with Crippen LogP contribution < -0.4 is 15.8 Å². The van der Waals surface area contributed by atoms with Gasteiger partial charge in [-0.25, -0.2) is 8.42 Å². The number of nitrogens with two attached hydrogens (primary N) is 1. The molecule has 1 amide bonds. The van der Waals surface area contributed by atoms with E-state index in [1.165, 1.54) is 19.2 Å². The Labute approximate surface area is 119 Å². The maximum Gasteiger partial charge on any atom is 0.223 e. The van der Waals surface area contributed by atoms with E-state index in [0.717, 1.165) is 0 Å². The summed E-state index contributed by atoms with van der Waals surface area (Å²) in [5.74, 6) is -0.602. The normalized spacial score (nSPS) is 12.8. The summed E-state index contributed by atoms with van der Waals surface area (Å²) in [6.45, 7) is 2.24. The van der Waals surface area contributed by atoms with Crippen molar-refractivity contribution in [1.29, 1.82) is 0 Å². The van der Waals surface area contributed by atoms with Crippen molar-refractivity contribution in [2.75, 3.05) is 26.0 Å². The number of carbonyl (C=O) groups excluding carboxylic acids is 1. The molecule has 1 aromatic carbocycles. The van der Waals surface area contributed by atoms with Gasteiger partial charge in [0.1, 0.15) is 5.75 Å². The Bertz CT molecular complexity index is 540. The molecule has 6 nitrogen and oxygen atoms in total. The summed E-state index contributed by atoms with van der Waals surface area (Å²) in [5, 5.41) is 2.58. The first-order valence-corrected chi connectivity index (χ1v) is 7.90. The molecule has 7 heteroatoms. The van der Waals surface area contributed by atoms with Crippen LogP contribution in [0, 0.1) is 5.92 Å². The summed E-state index contributed by atoms with van der Waals surface area (Å²) in [7, 11) is -1.99. The number of hydrogen-bond acceptors (Lipinski definition) is 5. The fourth-order valence-corrected chi connectivity index (χ4v) is 3.21. The van der Waals surface area contributed by atoms with Gasteiger partial charge in [0.2, 0.25) is 5.91 Å². The van der Waals surface area contributed by atoms with Crippen LogP contribution in [-0.2, 0) is 14.6 Å². The van der Waals surface area contributed by atoms with Crippen LogP contribution in [0.1, 0.15) is 6.92 Å². The number of rotatable bonds is 7. The van der Waals surface area contributed by atoms with Gasteiger partial charge in [0.25, 0.3) is 0 Å². The van der Waals surface area contributed by atoms with Crippen molar-refractivity contribution >= 4 is 15.7 Å². The molecule has 0 fully saturated rings. The van der Waals surface area contributed by atoms with E-state index in [4.69, 9.17) is 10.5 Å². The van der Waals surface area contributed by atoms with Crippen LogP contribution >= 0.6 is 0 Å². The molecule has 0 aromatic heterocycles. The van der Waals surface area contributed by atoms with Gasteiger partial charge in [-0.3, -0.25) is 4.79 Å². The first kappa shape index (κ1) is 16.5. The van der Waals surface area contributed by atoms with Crippen LogP contribution in [0.15, 0.2) is 29.2 Å². The minimum absolute atomic E-state index is 0.178. The zero-order valence-corrected chi connectivity index (χ0v) is 12.4. The predicted octanol–water partition coefficient (Wildman–Crippen LogP) is 0.180. The molecule has 0 spiro atoms. The Kier molecular flexibility index (Phi) is 5.97. The summed E-state index contributed by atoms with van der Waals surface area (Å²) in [4.78, 5) is 11.8. The van der Waals surface area contributed by atoms with Gasteiger partial charge in [0.15, 0.2) is 9.84 Å². The van der Waals surface area contributed by atoms with Crippen LogP contribution in [0.2, 0.25) is 0 Å². The molecule has 0 saturated heterocycles. The number of sulfone groups is 1. The van der Waals surface area contributed by atoms with Crippen LogP contribution in [0.5, 0.6) is 5.75 Å². The molecule has 1 unspecified atom stereocenters. The molecule has 1 aromatic rings. The van der Waals surface area contributed by atoms with E-state index in [1.54, 1.807) is 19.1 Å². The molecule has 112 valence electrons. The van der Waals surface area contributed by atoms with E-state index in [0.29, 0.717) is 18.8 Å². The van der Waals surface area contributed by atoms with Crippen molar-refractivity contribution in [2.45, 2.75) is 11.8 Å². The molecule has 3 N–H and O–H groups in total. The lowest BCUT2D eigenvalue weighted by Crippen LogP contribution is -2.36. The molecule has 0 heterocycles. The van der Waals surface area contributed by atoms with Crippen molar-refractivity contribution < 1.29 is 17.9 Å². The summed E-state index contributed by atoms with van der Waals surface area (Å²) >= 11 is 0. The zero-order valence-electron chi connectivity index (χ0n) is 11.6. The van der Waals surface area contributed by atoms with Crippen LogP contribution in [-0.4, -0.2) is 40.3 Å². The van der Waals surface area contributed by atoms with E-state index >= 15 is 0 Å². The van der Waals surface area contributed by atoms with Gasteiger partial charge in [0.05, 0.1) is 17.8 Å². The van der Waals surface area contributed by atoms with Crippen molar-refractivity contribution in [3.63, 3.8) is 0 Å². The van der Waals surface area contributed by atoms with Crippen molar-refractivity contribution in [3.8, 4) is 5.75 Å². The molecule has 20 heavy (non-hydrogen) atoms. The number of carbonyl (C=O) groups is 1. The van der Waals surface area contributed by atoms with Gasteiger partial charge in [-0.2, -0.15) is 0 Å². The van der Waals surface area contributed by atoms with Crippen LogP contribution in [0.25, 0.3) is 0 Å². The standard InChI is InChI=1S/C13H20N2O4S/c1-10(13(16)15-8-7-14)9-20(17,18)12-5-3-11(19-2)4-6-12/h3-6,10H,7-9,14H2,1-2H3,(H,15,16). The number of nitrogens with one attached hydrogen (secondary N) is 1. The van der Waals surface area contributed by atoms with E-state index in [2.05, 4.69) is 5.32 Å². The minimum atomic E-state index is -3.50. The molecule has 1 atom stereocenters. The molecule has 0 bridgehead atoms. The van der Waals surface area contributed by atoms with Crippen LogP contribution in [0.3, 0.4) is 0 Å². The second-order valence-electron chi connectivity index (χ2n) is 4.44. The first-order valence-electron chi connectivity index (χ1n) is 6.25. The van der Waals surface area contributed by atoms with Gasteiger partial charge < -0.3 is 15.8 Å². The average molecular weight is 300 g/mol. The third-order valence-electron chi connectivity index (χ3n) is 2.78. The Hall–Kier alpha value is -1.60. The van der Waals surface area contributed by atoms with Crippen molar-refractivity contribution in [2.24, 2.45) is 11.7 Å². The fraction of sp³-hybridized carbons (Fsp3) is 0.462. The highest BCUT2D eigenvalue weighted by molar-refractivity contribution is 7.91. The maximum absolute atomic E-state index is 12.2. The molecule has 1 rings (SSSR count). The Morgan fingerprint density at radius 3 is 2.45 bits per heavy atom. The highest BCUT2D eigenvalue weighted by Gasteiger charge is 2.23. The third kappa shape index (κ3) is 4.50. The SMILES string of the molecule is COc1ccc(S(=O)(=O)CC(C)C(=O)NCCN)cc1. The van der Waals surface area contributed by atoms with E-state index in [-0.39, 0.29) is 16.6 Å². The molecule has 0 saturated carbocycles. The second-order valence-corrected chi connectivity index (χ2v) is 6.47. The largest absolute Gasteiger partial charge is 0.497 e. The van der Waals surface area contributed by atoms with Crippen LogP contribution in [0.4, 0.5) is 0 Å². The Morgan fingerprint density at radius 1 is 1.35 bits per heavy atom. The fourth-order valence-electron chi connectivity index (χ4n) is 1.65. The topological polar surface area (TPSA) is 98.5 Å². The van der Waals surface area contributed by atoms with Gasteiger partial charge in [-0.05, 0) is 24.3 Å². The van der Waals surface area contributed by atoms with Gasteiger partial charge in [-0.15, -0.1) is 0 Å². The maximum atomic E-state index is 12.2. The molecule has 0 aliphatic carbocycles. The highest BCUT2D eigenvalue weighted by atomic mass is 32.2. The number of ether oxygens (including phenoxy) is 1. The van der Waals surface area contributed by atoms with Gasteiger partial charge in [-0.1, -0.05) is 6.92 Å². The number of benzene rings is 1. The molecule has 0 aliphatic rings. The summed E-state index contributed by atoms with van der Waals surface area (Å²) < 4.78 is 29.3. The summed E-state index contributed by atoms with van der Waals surface area (Å²) in [6, 6.07) is 6.09. The Balaban J connectivity index is 2.75. The first-order chi connectivity index (χ1) is 9.40. The van der Waals surface area contributed by atoms with E-state index in [1.807, 2.05) is 0 Å². The molecule has 0 radical (unpaired) electrons. The lowest BCUT2D eigenvalue weighted by Gasteiger charge is -2.12. The minimum Gasteiger partial charge on any atom is -0.497 e. The number of amides is 1. The quantitative estimate of drug-likeness (QED) is 0.748. The monoisotopic (exact) mass is 300 g/mol. The van der Waals surface area contributed by atoms with Gasteiger partial charge in [0, 0.05) is 19.0 Å². The smallest absolute Gasteiger partial charge is 0.223 e. The number of hydrogen-bond donors (Lipinski definition) is 2. The average Bonchev–Trinajstić information content (AvgIpc) is 2.44. The van der Waals surface area contributed by atoms with E-state index < -0.39 is 15.8 Å². The summed E-state index contributed by atoms with van der Waals surface area (Å²) in [5.41, 5.74) is 5.28. The second kappa shape index (κ2) is 7.25. The highest BCUT2D eigenvalue weighted by Crippen LogP contribution is 2.18. The Morgan fingerprint density at radius 2 is 1.95 bits per heavy atom. The van der Waals surface area contributed by atoms with Crippen molar-refractivity contribution in [3.05, 3.63) is 24.3 Å². The van der Waals surface area contributed by atoms with Crippen molar-refractivity contribution in [1.82, 2.24) is 5.32 Å². The molecular weight excluding hydrogens is 280 g/mol. The number of methoxy groups -OCH3 is 1. The van der Waals surface area contributed by atoms with E-state index in [9.17, 15) is 13.2 Å². The van der Waals surface area contributed by atoms with Gasteiger partial charge >= 0.3 is 0 Å². The molecule has 0 aliphatic heterocycles. The zero-order chi connectivity index (χ0) is 15.2. The molecular formula is C13H20N2O4S.